The molecule has 0 saturated heterocycles. The molecule has 2 rings (SSSR count). The fourth-order valence-corrected chi connectivity index (χ4v) is 3.96. The molecule has 3 atom stereocenters. The van der Waals surface area contributed by atoms with Crippen molar-refractivity contribution >= 4 is 5.91 Å². The van der Waals surface area contributed by atoms with Crippen LogP contribution >= 0.6 is 0 Å². The molecule has 4 heteroatoms. The Morgan fingerprint density at radius 2 is 1.62 bits per heavy atom. The molecule has 0 aromatic heterocycles. The van der Waals surface area contributed by atoms with Crippen LogP contribution in [0.2, 0.25) is 0 Å². The lowest BCUT2D eigenvalue weighted by Crippen LogP contribution is -2.31. The number of alkyl halides is 1. The van der Waals surface area contributed by atoms with Gasteiger partial charge in [0, 0.05) is 6.42 Å². The number of halogens is 1. The van der Waals surface area contributed by atoms with E-state index in [1.807, 2.05) is 48.5 Å². The molecule has 0 aromatic carbocycles. The molecule has 0 heterocycles. The van der Waals surface area contributed by atoms with Crippen molar-refractivity contribution in [3.8, 4) is 0 Å². The minimum atomic E-state index is -0.718. The van der Waals surface area contributed by atoms with Crippen LogP contribution in [0.5, 0.6) is 0 Å². The number of allylic oxidation sites excluding steroid dienone is 2. The van der Waals surface area contributed by atoms with E-state index in [1.54, 1.807) is 5.57 Å². The number of amides is 1. The molecule has 0 radical (unpaired) electrons. The molecular weight excluding hydrogens is 425 g/mol. The molecule has 3 unspecified atom stereocenters. The summed E-state index contributed by atoms with van der Waals surface area (Å²) in [5, 5.41) is 11.1. The number of nitrogens with one attached hydrogen (secondary N) is 1. The number of aliphatic hydroxyl groups excluding tert-OH is 1. The number of hydrogen-bond acceptors (Lipinski definition) is 2. The summed E-state index contributed by atoms with van der Waals surface area (Å²) in [4.78, 5) is 10.7. The Bertz CT molecular complexity index is 447. The number of aliphatic hydroxyl groups is 1. The summed E-state index contributed by atoms with van der Waals surface area (Å²) in [6, 6.07) is 0. The third kappa shape index (κ3) is 22.9. The summed E-state index contributed by atoms with van der Waals surface area (Å²) in [6.45, 7) is 24.6. The molecule has 3 nitrogen and oxygen atoms in total. The highest BCUT2D eigenvalue weighted by atomic mass is 19.1. The first-order valence-electron chi connectivity index (χ1n) is 14.5. The zero-order valence-corrected chi connectivity index (χ0v) is 25.3. The number of carbonyl (C=O) groups excluding carboxylic acids is 1. The predicted octanol–water partition coefficient (Wildman–Crippen LogP) is 9.78. The first-order chi connectivity index (χ1) is 16.2. The molecule has 208 valence electrons. The van der Waals surface area contributed by atoms with Gasteiger partial charge in [0.05, 0.1) is 0 Å². The van der Waals surface area contributed by atoms with Crippen LogP contribution in [0.1, 0.15) is 154 Å². The molecule has 1 saturated carbocycles. The van der Waals surface area contributed by atoms with Crippen LogP contribution in [0.15, 0.2) is 11.6 Å². The highest BCUT2D eigenvalue weighted by Gasteiger charge is 2.35. The molecule has 0 bridgehead atoms. The lowest BCUT2D eigenvalue weighted by atomic mass is 9.64. The van der Waals surface area contributed by atoms with E-state index in [4.69, 9.17) is 5.11 Å². The molecule has 2 aliphatic rings. The Balaban J connectivity index is -0.000000206. The third-order valence-corrected chi connectivity index (χ3v) is 5.46. The summed E-state index contributed by atoms with van der Waals surface area (Å²) in [5.41, 5.74) is 2.02. The zero-order valence-electron chi connectivity index (χ0n) is 25.3. The second kappa shape index (κ2) is 28.3. The molecule has 2 N–H and O–H groups in total. The van der Waals surface area contributed by atoms with Crippen LogP contribution in [-0.2, 0) is 4.79 Å². The topological polar surface area (TPSA) is 49.3 Å². The Kier molecular flexibility index (Phi) is 33.6. The third-order valence-electron chi connectivity index (χ3n) is 5.46. The van der Waals surface area contributed by atoms with Gasteiger partial charge in [0.2, 0.25) is 5.91 Å². The Labute approximate surface area is 214 Å². The number of carbonyl (C=O) groups is 1. The van der Waals surface area contributed by atoms with E-state index in [0.717, 1.165) is 31.6 Å². The highest BCUT2D eigenvalue weighted by Crippen LogP contribution is 2.46. The number of unbranched alkanes of at least 4 members (excludes halogenated alkanes) is 1. The summed E-state index contributed by atoms with van der Waals surface area (Å²) < 4.78 is 13.1. The molecule has 2 aliphatic carbocycles. The molecule has 0 aromatic rings. The van der Waals surface area contributed by atoms with E-state index < -0.39 is 12.4 Å². The van der Waals surface area contributed by atoms with Gasteiger partial charge in [0.15, 0.2) is 0 Å². The second-order valence-corrected chi connectivity index (χ2v) is 8.99. The van der Waals surface area contributed by atoms with Gasteiger partial charge >= 0.3 is 0 Å². The van der Waals surface area contributed by atoms with Crippen LogP contribution in [0.25, 0.3) is 0 Å². The quantitative estimate of drug-likeness (QED) is 0.298. The van der Waals surface area contributed by atoms with Gasteiger partial charge in [-0.1, -0.05) is 113 Å². The SMILES string of the molecule is CC.CC.CC.CC1(C)CCCCC1C1=CCC(F)CC1.CCC.CCCCC(=O)NC(C)O. The first kappa shape index (κ1) is 40.3. The van der Waals surface area contributed by atoms with Crippen LogP contribution in [0.4, 0.5) is 4.39 Å². The van der Waals surface area contributed by atoms with E-state index in [0.29, 0.717) is 18.3 Å². The summed E-state index contributed by atoms with van der Waals surface area (Å²) in [6.07, 6.45) is 12.4. The van der Waals surface area contributed by atoms with E-state index >= 15 is 0 Å². The highest BCUT2D eigenvalue weighted by molar-refractivity contribution is 5.75. The van der Waals surface area contributed by atoms with Crippen molar-refractivity contribution in [1.82, 2.24) is 5.32 Å². The Morgan fingerprint density at radius 3 is 2.00 bits per heavy atom. The largest absolute Gasteiger partial charge is 0.374 e. The van der Waals surface area contributed by atoms with Gasteiger partial charge < -0.3 is 10.4 Å². The van der Waals surface area contributed by atoms with Crippen molar-refractivity contribution in [3.63, 3.8) is 0 Å². The van der Waals surface area contributed by atoms with Crippen molar-refractivity contribution in [2.24, 2.45) is 11.3 Å². The fraction of sp³-hybridized carbons (Fsp3) is 0.900. The van der Waals surface area contributed by atoms with Crippen LogP contribution in [-0.4, -0.2) is 23.4 Å². The summed E-state index contributed by atoms with van der Waals surface area (Å²) in [7, 11) is 0. The summed E-state index contributed by atoms with van der Waals surface area (Å²) in [5.74, 6) is 0.663. The first-order valence-corrected chi connectivity index (χ1v) is 14.5. The lowest BCUT2D eigenvalue weighted by Gasteiger charge is -2.41. The van der Waals surface area contributed by atoms with Gasteiger partial charge in [-0.05, 0) is 56.8 Å². The number of rotatable bonds is 5. The van der Waals surface area contributed by atoms with Crippen LogP contribution < -0.4 is 5.32 Å². The molecule has 1 fully saturated rings. The van der Waals surface area contributed by atoms with Crippen molar-refractivity contribution in [1.29, 1.82) is 0 Å². The van der Waals surface area contributed by atoms with Crippen molar-refractivity contribution in [2.45, 2.75) is 166 Å². The molecular formula is C30H64FNO2. The standard InChI is InChI=1S/C14H23F.C7H15NO2.C3H8.3C2H6/c1-14(2)10-4-3-5-13(14)11-6-8-12(15)9-7-11;1-3-4-5-7(10)8-6(2)9;1-3-2;3*1-2/h6,12-13H,3-5,7-10H2,1-2H3;6,9H,3-5H2,1-2H3,(H,8,10);3H2,1-2H3;3*1-2H3. The van der Waals surface area contributed by atoms with Gasteiger partial charge in [-0.3, -0.25) is 4.79 Å². The van der Waals surface area contributed by atoms with Gasteiger partial charge in [0.25, 0.3) is 0 Å². The van der Waals surface area contributed by atoms with Gasteiger partial charge in [-0.25, -0.2) is 4.39 Å². The Morgan fingerprint density at radius 1 is 1.09 bits per heavy atom. The number of hydrogen-bond donors (Lipinski definition) is 2. The maximum absolute atomic E-state index is 13.1. The zero-order chi connectivity index (χ0) is 27.6. The predicted molar refractivity (Wildman–Crippen MR) is 152 cm³/mol. The van der Waals surface area contributed by atoms with Gasteiger partial charge in [-0.2, -0.15) is 0 Å². The smallest absolute Gasteiger partial charge is 0.221 e. The molecule has 34 heavy (non-hydrogen) atoms. The Hall–Kier alpha value is -0.900. The van der Waals surface area contributed by atoms with E-state index in [2.05, 4.69) is 39.1 Å². The minimum absolute atomic E-state index is 0.0724. The molecule has 0 spiro atoms. The van der Waals surface area contributed by atoms with Gasteiger partial charge in [-0.15, -0.1) is 0 Å². The fourth-order valence-electron chi connectivity index (χ4n) is 3.96. The maximum Gasteiger partial charge on any atom is 0.221 e. The monoisotopic (exact) mass is 489 g/mol. The van der Waals surface area contributed by atoms with Gasteiger partial charge in [0.1, 0.15) is 12.4 Å². The van der Waals surface area contributed by atoms with Crippen molar-refractivity contribution in [2.75, 3.05) is 0 Å². The van der Waals surface area contributed by atoms with E-state index in [1.165, 1.54) is 39.0 Å². The van der Waals surface area contributed by atoms with E-state index in [9.17, 15) is 9.18 Å². The average Bonchev–Trinajstić information content (AvgIpc) is 2.83. The van der Waals surface area contributed by atoms with Crippen molar-refractivity contribution < 1.29 is 14.3 Å². The lowest BCUT2D eigenvalue weighted by molar-refractivity contribution is -0.123. The molecule has 0 aliphatic heterocycles. The summed E-state index contributed by atoms with van der Waals surface area (Å²) >= 11 is 0. The van der Waals surface area contributed by atoms with Crippen LogP contribution in [0, 0.1) is 11.3 Å². The molecule has 1 amide bonds. The normalized spacial score (nSPS) is 20.7. The van der Waals surface area contributed by atoms with Crippen LogP contribution in [0.3, 0.4) is 0 Å². The van der Waals surface area contributed by atoms with Crippen molar-refractivity contribution in [3.05, 3.63) is 11.6 Å². The second-order valence-electron chi connectivity index (χ2n) is 8.99. The average molecular weight is 490 g/mol. The van der Waals surface area contributed by atoms with E-state index in [-0.39, 0.29) is 5.91 Å². The minimum Gasteiger partial charge on any atom is -0.374 e. The maximum atomic E-state index is 13.1.